The highest BCUT2D eigenvalue weighted by atomic mass is 19.1. The molecule has 1 aromatic heterocycles. The van der Waals surface area contributed by atoms with Crippen molar-refractivity contribution in [2.24, 2.45) is 0 Å². The van der Waals surface area contributed by atoms with Gasteiger partial charge in [-0.15, -0.1) is 0 Å². The number of ether oxygens (including phenoxy) is 1. The summed E-state index contributed by atoms with van der Waals surface area (Å²) in [7, 11) is 1.43. The van der Waals surface area contributed by atoms with Crippen LogP contribution in [0.5, 0.6) is 5.88 Å². The quantitative estimate of drug-likeness (QED) is 0.697. The van der Waals surface area contributed by atoms with Gasteiger partial charge in [-0.05, 0) is 24.3 Å². The lowest BCUT2D eigenvalue weighted by molar-refractivity contribution is 0.400. The molecule has 3 rings (SSSR count). The van der Waals surface area contributed by atoms with E-state index in [1.807, 2.05) is 24.3 Å². The Balaban J connectivity index is 2.35. The molecule has 0 unspecified atom stereocenters. The van der Waals surface area contributed by atoms with Gasteiger partial charge >= 0.3 is 0 Å². The monoisotopic (exact) mass is 271 g/mol. The molecule has 0 fully saturated rings. The lowest BCUT2D eigenvalue weighted by Gasteiger charge is -2.11. The summed E-state index contributed by atoms with van der Waals surface area (Å²) < 4.78 is 33.0. The van der Waals surface area contributed by atoms with Crippen molar-refractivity contribution in [2.75, 3.05) is 7.11 Å². The number of rotatable bonds is 2. The second-order valence-corrected chi connectivity index (χ2v) is 4.33. The highest BCUT2D eigenvalue weighted by molar-refractivity contribution is 5.86. The summed E-state index contributed by atoms with van der Waals surface area (Å²) in [5, 5.41) is 0.797. The molecule has 2 nitrogen and oxygen atoms in total. The van der Waals surface area contributed by atoms with Gasteiger partial charge < -0.3 is 4.74 Å². The molecule has 0 aliphatic heterocycles. The zero-order valence-corrected chi connectivity index (χ0v) is 10.7. The standard InChI is InChI=1S/C16H11F2NO/c1-20-16-11(15-12(17)6-4-7-13(15)18)9-10-5-2-3-8-14(10)19-16/h2-9H,1H3. The van der Waals surface area contributed by atoms with Gasteiger partial charge in [0.25, 0.3) is 0 Å². The molecular weight excluding hydrogens is 260 g/mol. The maximum absolute atomic E-state index is 13.9. The van der Waals surface area contributed by atoms with Crippen molar-refractivity contribution in [3.05, 3.63) is 60.2 Å². The largest absolute Gasteiger partial charge is 0.481 e. The van der Waals surface area contributed by atoms with Gasteiger partial charge in [-0.3, -0.25) is 0 Å². The van der Waals surface area contributed by atoms with Crippen molar-refractivity contribution in [3.63, 3.8) is 0 Å². The third kappa shape index (κ3) is 1.99. The molecule has 20 heavy (non-hydrogen) atoms. The molecule has 0 saturated heterocycles. The van der Waals surface area contributed by atoms with E-state index in [1.54, 1.807) is 6.07 Å². The summed E-state index contributed by atoms with van der Waals surface area (Å²) in [6, 6.07) is 12.8. The Morgan fingerprint density at radius 1 is 0.950 bits per heavy atom. The lowest BCUT2D eigenvalue weighted by Crippen LogP contribution is -1.96. The summed E-state index contributed by atoms with van der Waals surface area (Å²) in [6.45, 7) is 0. The number of para-hydroxylation sites is 1. The number of aromatic nitrogens is 1. The summed E-state index contributed by atoms with van der Waals surface area (Å²) >= 11 is 0. The molecule has 4 heteroatoms. The Morgan fingerprint density at radius 2 is 1.65 bits per heavy atom. The normalized spacial score (nSPS) is 10.8. The fourth-order valence-electron chi connectivity index (χ4n) is 2.19. The average molecular weight is 271 g/mol. The maximum atomic E-state index is 13.9. The lowest BCUT2D eigenvalue weighted by atomic mass is 10.0. The number of fused-ring (bicyclic) bond motifs is 1. The first kappa shape index (κ1) is 12.5. The number of hydrogen-bond donors (Lipinski definition) is 0. The topological polar surface area (TPSA) is 22.1 Å². The van der Waals surface area contributed by atoms with Crippen LogP contribution in [0, 0.1) is 11.6 Å². The molecule has 100 valence electrons. The van der Waals surface area contributed by atoms with Crippen molar-refractivity contribution < 1.29 is 13.5 Å². The number of methoxy groups -OCH3 is 1. The van der Waals surface area contributed by atoms with Crippen LogP contribution >= 0.6 is 0 Å². The van der Waals surface area contributed by atoms with Crippen LogP contribution in [0.25, 0.3) is 22.0 Å². The third-order valence-electron chi connectivity index (χ3n) is 3.11. The summed E-state index contributed by atoms with van der Waals surface area (Å²) in [4.78, 5) is 4.30. The van der Waals surface area contributed by atoms with Crippen molar-refractivity contribution in [1.29, 1.82) is 0 Å². The van der Waals surface area contributed by atoms with Crippen LogP contribution in [0.4, 0.5) is 8.78 Å². The maximum Gasteiger partial charge on any atom is 0.221 e. The minimum Gasteiger partial charge on any atom is -0.481 e. The van der Waals surface area contributed by atoms with E-state index in [1.165, 1.54) is 25.3 Å². The Bertz CT molecular complexity index is 766. The van der Waals surface area contributed by atoms with E-state index in [0.717, 1.165) is 5.39 Å². The Hall–Kier alpha value is -2.49. The summed E-state index contributed by atoms with van der Waals surface area (Å²) in [6.07, 6.45) is 0. The van der Waals surface area contributed by atoms with Gasteiger partial charge in [0, 0.05) is 5.39 Å². The molecule has 0 amide bonds. The molecule has 0 radical (unpaired) electrons. The minimum absolute atomic E-state index is 0.123. The zero-order valence-electron chi connectivity index (χ0n) is 10.7. The molecule has 2 aromatic carbocycles. The van der Waals surface area contributed by atoms with Gasteiger partial charge in [-0.25, -0.2) is 13.8 Å². The van der Waals surface area contributed by atoms with Gasteiger partial charge in [0.15, 0.2) is 0 Å². The van der Waals surface area contributed by atoms with Crippen molar-refractivity contribution >= 4 is 10.9 Å². The zero-order chi connectivity index (χ0) is 14.1. The van der Waals surface area contributed by atoms with Gasteiger partial charge in [0.2, 0.25) is 5.88 Å². The van der Waals surface area contributed by atoms with Crippen LogP contribution < -0.4 is 4.74 Å². The van der Waals surface area contributed by atoms with Gasteiger partial charge in [-0.2, -0.15) is 0 Å². The Labute approximate surface area is 114 Å². The SMILES string of the molecule is COc1nc2ccccc2cc1-c1c(F)cccc1F. The number of benzene rings is 2. The van der Waals surface area contributed by atoms with Crippen molar-refractivity contribution in [1.82, 2.24) is 4.98 Å². The number of halogens is 2. The van der Waals surface area contributed by atoms with Crippen molar-refractivity contribution in [2.45, 2.75) is 0 Å². The van der Waals surface area contributed by atoms with Gasteiger partial charge in [0.05, 0.1) is 23.8 Å². The van der Waals surface area contributed by atoms with Crippen LogP contribution in [0.1, 0.15) is 0 Å². The summed E-state index contributed by atoms with van der Waals surface area (Å²) in [5.41, 5.74) is 0.897. The number of pyridine rings is 1. The molecule has 1 heterocycles. The van der Waals surface area contributed by atoms with Crippen LogP contribution in [-0.4, -0.2) is 12.1 Å². The number of nitrogens with zero attached hydrogens (tertiary/aromatic N) is 1. The van der Waals surface area contributed by atoms with Crippen LogP contribution in [0.2, 0.25) is 0 Å². The smallest absolute Gasteiger partial charge is 0.221 e. The highest BCUT2D eigenvalue weighted by Crippen LogP contribution is 2.34. The third-order valence-corrected chi connectivity index (χ3v) is 3.11. The van der Waals surface area contributed by atoms with E-state index < -0.39 is 11.6 Å². The molecular formula is C16H11F2NO. The molecule has 0 bridgehead atoms. The summed E-state index contributed by atoms with van der Waals surface area (Å²) in [5.74, 6) is -1.08. The first-order valence-corrected chi connectivity index (χ1v) is 6.09. The van der Waals surface area contributed by atoms with E-state index in [0.29, 0.717) is 11.1 Å². The van der Waals surface area contributed by atoms with Crippen LogP contribution in [0.15, 0.2) is 48.5 Å². The van der Waals surface area contributed by atoms with E-state index in [9.17, 15) is 8.78 Å². The molecule has 0 N–H and O–H groups in total. The molecule has 0 atom stereocenters. The van der Waals surface area contributed by atoms with Crippen molar-refractivity contribution in [3.8, 4) is 17.0 Å². The fourth-order valence-corrected chi connectivity index (χ4v) is 2.19. The first-order valence-electron chi connectivity index (χ1n) is 6.09. The molecule has 0 aliphatic rings. The minimum atomic E-state index is -0.639. The Kier molecular flexibility index (Phi) is 3.06. The Morgan fingerprint density at radius 3 is 2.35 bits per heavy atom. The van der Waals surface area contributed by atoms with E-state index in [-0.39, 0.29) is 11.4 Å². The predicted molar refractivity (Wildman–Crippen MR) is 73.6 cm³/mol. The predicted octanol–water partition coefficient (Wildman–Crippen LogP) is 4.19. The first-order chi connectivity index (χ1) is 9.70. The molecule has 0 saturated carbocycles. The van der Waals surface area contributed by atoms with Crippen LogP contribution in [-0.2, 0) is 0 Å². The second-order valence-electron chi connectivity index (χ2n) is 4.33. The second kappa shape index (κ2) is 4.89. The highest BCUT2D eigenvalue weighted by Gasteiger charge is 2.17. The molecule has 3 aromatic rings. The van der Waals surface area contributed by atoms with E-state index in [2.05, 4.69) is 4.98 Å². The fraction of sp³-hybridized carbons (Fsp3) is 0.0625. The van der Waals surface area contributed by atoms with Crippen LogP contribution in [0.3, 0.4) is 0 Å². The molecule has 0 spiro atoms. The average Bonchev–Trinajstić information content (AvgIpc) is 2.46. The van der Waals surface area contributed by atoms with E-state index >= 15 is 0 Å². The van der Waals surface area contributed by atoms with Gasteiger partial charge in [-0.1, -0.05) is 24.3 Å². The van der Waals surface area contributed by atoms with E-state index in [4.69, 9.17) is 4.74 Å². The molecule has 0 aliphatic carbocycles. The number of hydrogen-bond acceptors (Lipinski definition) is 2. The van der Waals surface area contributed by atoms with Gasteiger partial charge in [0.1, 0.15) is 11.6 Å².